The van der Waals surface area contributed by atoms with E-state index in [4.69, 9.17) is 4.99 Å². The molecule has 2 fully saturated rings. The highest BCUT2D eigenvalue weighted by molar-refractivity contribution is 14.0. The van der Waals surface area contributed by atoms with Gasteiger partial charge in [0.05, 0.1) is 12.6 Å². The number of amides is 1. The predicted octanol–water partition coefficient (Wildman–Crippen LogP) is 1.86. The van der Waals surface area contributed by atoms with E-state index in [1.54, 1.807) is 0 Å². The summed E-state index contributed by atoms with van der Waals surface area (Å²) in [5.74, 6) is 2.18. The zero-order chi connectivity index (χ0) is 21.5. The van der Waals surface area contributed by atoms with Gasteiger partial charge in [-0.15, -0.1) is 24.0 Å². The van der Waals surface area contributed by atoms with Crippen LogP contribution in [0.15, 0.2) is 23.3 Å². The van der Waals surface area contributed by atoms with Crippen molar-refractivity contribution in [1.82, 2.24) is 25.0 Å². The predicted molar refractivity (Wildman–Crippen MR) is 137 cm³/mol. The Balaban J connectivity index is 0.00000341. The molecule has 2 aliphatic rings. The first-order chi connectivity index (χ1) is 14.5. The summed E-state index contributed by atoms with van der Waals surface area (Å²) in [5.41, 5.74) is 1.11. The fraction of sp³-hybridized carbons (Fsp3) is 0.682. The van der Waals surface area contributed by atoms with Crippen LogP contribution in [0.1, 0.15) is 32.3 Å². The van der Waals surface area contributed by atoms with Crippen LogP contribution in [-0.4, -0.2) is 97.5 Å². The number of nitrogens with zero attached hydrogens (tertiary/aromatic N) is 6. The van der Waals surface area contributed by atoms with Gasteiger partial charge in [0.15, 0.2) is 5.96 Å². The summed E-state index contributed by atoms with van der Waals surface area (Å²) in [4.78, 5) is 30.8. The van der Waals surface area contributed by atoms with Gasteiger partial charge < -0.3 is 20.0 Å². The van der Waals surface area contributed by atoms with Crippen LogP contribution in [0.4, 0.5) is 5.82 Å². The highest BCUT2D eigenvalue weighted by Gasteiger charge is 2.30. The molecule has 0 aromatic carbocycles. The number of piperazine rings is 1. The molecule has 0 spiro atoms. The molecule has 2 aliphatic heterocycles. The van der Waals surface area contributed by atoms with E-state index < -0.39 is 0 Å². The fourth-order valence-corrected chi connectivity index (χ4v) is 4.22. The lowest BCUT2D eigenvalue weighted by Gasteiger charge is -2.39. The Hall–Kier alpha value is -1.62. The van der Waals surface area contributed by atoms with Gasteiger partial charge in [-0.05, 0) is 32.8 Å². The quantitative estimate of drug-likeness (QED) is 0.336. The van der Waals surface area contributed by atoms with Crippen molar-refractivity contribution in [3.63, 3.8) is 0 Å². The summed E-state index contributed by atoms with van der Waals surface area (Å²) in [6.07, 6.45) is 4.10. The normalized spacial score (nSPS) is 18.5. The molecule has 3 rings (SSSR count). The van der Waals surface area contributed by atoms with Crippen LogP contribution in [0.5, 0.6) is 0 Å². The summed E-state index contributed by atoms with van der Waals surface area (Å²) in [6.45, 7) is 10.9. The van der Waals surface area contributed by atoms with Crippen molar-refractivity contribution in [3.05, 3.63) is 23.9 Å². The Bertz CT molecular complexity index is 728. The van der Waals surface area contributed by atoms with E-state index in [2.05, 4.69) is 40.0 Å². The van der Waals surface area contributed by atoms with Gasteiger partial charge in [0, 0.05) is 71.7 Å². The lowest BCUT2D eigenvalue weighted by Crippen LogP contribution is -2.57. The van der Waals surface area contributed by atoms with Crippen molar-refractivity contribution in [1.29, 1.82) is 0 Å². The van der Waals surface area contributed by atoms with Crippen LogP contribution in [0, 0.1) is 0 Å². The van der Waals surface area contributed by atoms with Gasteiger partial charge >= 0.3 is 0 Å². The van der Waals surface area contributed by atoms with Crippen LogP contribution in [0.2, 0.25) is 0 Å². The van der Waals surface area contributed by atoms with Crippen molar-refractivity contribution in [2.75, 3.05) is 64.8 Å². The number of aliphatic imine (C=N–C) groups is 1. The standard InChI is InChI=1S/C22H37N7O.HI/c1-5-23-22(25-17-19-9-8-10-24-20(19)26(3)4)29-15-13-27(14-16-29)18(2)21(30)28-11-6-7-12-28;/h8-10,18H,5-7,11-17H2,1-4H3,(H,23,25);1H. The van der Waals surface area contributed by atoms with E-state index in [1.807, 2.05) is 36.2 Å². The number of rotatable bonds is 6. The third-order valence-electron chi connectivity index (χ3n) is 5.96. The number of nitrogens with one attached hydrogen (secondary N) is 1. The lowest BCUT2D eigenvalue weighted by molar-refractivity contribution is -0.135. The van der Waals surface area contributed by atoms with Gasteiger partial charge in [-0.3, -0.25) is 9.69 Å². The van der Waals surface area contributed by atoms with Crippen LogP contribution in [0.25, 0.3) is 0 Å². The minimum absolute atomic E-state index is 0. The maximum absolute atomic E-state index is 12.7. The lowest BCUT2D eigenvalue weighted by atomic mass is 10.2. The summed E-state index contributed by atoms with van der Waals surface area (Å²) < 4.78 is 0. The van der Waals surface area contributed by atoms with E-state index in [0.29, 0.717) is 6.54 Å². The number of carbonyl (C=O) groups is 1. The summed E-state index contributed by atoms with van der Waals surface area (Å²) in [5, 5.41) is 3.43. The molecule has 0 bridgehead atoms. The van der Waals surface area contributed by atoms with Gasteiger partial charge in [-0.2, -0.15) is 0 Å². The number of hydrogen-bond acceptors (Lipinski definition) is 5. The van der Waals surface area contributed by atoms with Crippen LogP contribution < -0.4 is 10.2 Å². The molecule has 1 aromatic heterocycles. The Morgan fingerprint density at radius 3 is 2.45 bits per heavy atom. The fourth-order valence-electron chi connectivity index (χ4n) is 4.22. The molecule has 0 saturated carbocycles. The Labute approximate surface area is 204 Å². The number of hydrogen-bond donors (Lipinski definition) is 1. The average molecular weight is 543 g/mol. The molecule has 8 nitrogen and oxygen atoms in total. The zero-order valence-electron chi connectivity index (χ0n) is 19.4. The highest BCUT2D eigenvalue weighted by Crippen LogP contribution is 2.17. The minimum atomic E-state index is -0.0391. The smallest absolute Gasteiger partial charge is 0.239 e. The SMILES string of the molecule is CCNC(=NCc1cccnc1N(C)C)N1CCN(C(C)C(=O)N2CCCC2)CC1.I. The molecule has 2 saturated heterocycles. The molecule has 1 atom stereocenters. The molecule has 1 unspecified atom stereocenters. The Kier molecular flexibility index (Phi) is 10.3. The number of likely N-dealkylation sites (tertiary alicyclic amines) is 1. The van der Waals surface area contributed by atoms with Crippen molar-refractivity contribution >= 4 is 41.7 Å². The van der Waals surface area contributed by atoms with Gasteiger partial charge in [-0.1, -0.05) is 6.07 Å². The molecule has 174 valence electrons. The van der Waals surface area contributed by atoms with Crippen LogP contribution in [0.3, 0.4) is 0 Å². The van der Waals surface area contributed by atoms with Crippen molar-refractivity contribution < 1.29 is 4.79 Å². The van der Waals surface area contributed by atoms with Gasteiger partial charge in [0.2, 0.25) is 5.91 Å². The van der Waals surface area contributed by atoms with Crippen molar-refractivity contribution in [3.8, 4) is 0 Å². The Morgan fingerprint density at radius 1 is 1.16 bits per heavy atom. The molecular weight excluding hydrogens is 505 g/mol. The second-order valence-corrected chi connectivity index (χ2v) is 8.28. The van der Waals surface area contributed by atoms with Gasteiger partial charge in [-0.25, -0.2) is 9.98 Å². The largest absolute Gasteiger partial charge is 0.362 e. The number of pyridine rings is 1. The maximum atomic E-state index is 12.7. The van der Waals surface area contributed by atoms with E-state index in [1.165, 1.54) is 0 Å². The summed E-state index contributed by atoms with van der Waals surface area (Å²) in [7, 11) is 4.01. The zero-order valence-corrected chi connectivity index (χ0v) is 21.7. The van der Waals surface area contributed by atoms with Crippen molar-refractivity contribution in [2.24, 2.45) is 4.99 Å². The number of aromatic nitrogens is 1. The van der Waals surface area contributed by atoms with E-state index in [9.17, 15) is 4.79 Å². The van der Waals surface area contributed by atoms with E-state index >= 15 is 0 Å². The topological polar surface area (TPSA) is 67.3 Å². The molecule has 1 N–H and O–H groups in total. The monoisotopic (exact) mass is 543 g/mol. The molecule has 1 amide bonds. The second-order valence-electron chi connectivity index (χ2n) is 8.28. The number of carbonyl (C=O) groups excluding carboxylic acids is 1. The van der Waals surface area contributed by atoms with Gasteiger partial charge in [0.1, 0.15) is 5.82 Å². The first-order valence-corrected chi connectivity index (χ1v) is 11.2. The second kappa shape index (κ2) is 12.4. The number of guanidine groups is 1. The molecule has 9 heteroatoms. The Morgan fingerprint density at radius 2 is 1.84 bits per heavy atom. The molecule has 0 radical (unpaired) electrons. The third-order valence-corrected chi connectivity index (χ3v) is 5.96. The molecule has 31 heavy (non-hydrogen) atoms. The molecule has 3 heterocycles. The summed E-state index contributed by atoms with van der Waals surface area (Å²) >= 11 is 0. The first-order valence-electron chi connectivity index (χ1n) is 11.2. The molecular formula is C22H38IN7O. The van der Waals surface area contributed by atoms with Crippen LogP contribution in [-0.2, 0) is 11.3 Å². The summed E-state index contributed by atoms with van der Waals surface area (Å²) in [6, 6.07) is 4.00. The number of anilines is 1. The first kappa shape index (κ1) is 25.6. The number of halogens is 1. The van der Waals surface area contributed by atoms with Crippen molar-refractivity contribution in [2.45, 2.75) is 39.3 Å². The van der Waals surface area contributed by atoms with Gasteiger partial charge in [0.25, 0.3) is 0 Å². The molecule has 0 aliphatic carbocycles. The average Bonchev–Trinajstić information content (AvgIpc) is 3.31. The maximum Gasteiger partial charge on any atom is 0.239 e. The molecule has 1 aromatic rings. The van der Waals surface area contributed by atoms with E-state index in [-0.39, 0.29) is 35.9 Å². The van der Waals surface area contributed by atoms with Crippen LogP contribution >= 0.6 is 24.0 Å². The third kappa shape index (κ3) is 6.68. The van der Waals surface area contributed by atoms with E-state index in [0.717, 1.165) is 76.0 Å². The highest BCUT2D eigenvalue weighted by atomic mass is 127. The minimum Gasteiger partial charge on any atom is -0.362 e.